The molecule has 1 aromatic carbocycles. The van der Waals surface area contributed by atoms with Crippen LogP contribution in [0.3, 0.4) is 0 Å². The molecule has 0 radical (unpaired) electrons. The van der Waals surface area contributed by atoms with Crippen molar-refractivity contribution < 1.29 is 4.74 Å². The topological polar surface area (TPSA) is 24.5 Å². The Labute approximate surface area is 133 Å². The average Bonchev–Trinajstić information content (AvgIpc) is 2.33. The number of ether oxygens (including phenoxy) is 1. The van der Waals surface area contributed by atoms with Crippen molar-refractivity contribution in [1.82, 2.24) is 10.2 Å². The molecule has 1 N–H and O–H groups in total. The lowest BCUT2D eigenvalue weighted by atomic mass is 10.2. The summed E-state index contributed by atoms with van der Waals surface area (Å²) in [4.78, 5) is 2.21. The highest BCUT2D eigenvalue weighted by molar-refractivity contribution is 9.11. The summed E-state index contributed by atoms with van der Waals surface area (Å²) >= 11 is 7.10. The number of hydrogen-bond donors (Lipinski definition) is 1. The molecular formula is C14H22Br2N2O. The number of halogens is 2. The Bertz CT molecular complexity index is 387. The summed E-state index contributed by atoms with van der Waals surface area (Å²) in [6.45, 7) is 6.67. The van der Waals surface area contributed by atoms with Crippen molar-refractivity contribution in [3.8, 4) is 5.75 Å². The number of likely N-dealkylation sites (N-methyl/N-ethyl adjacent to an activating group) is 1. The molecule has 0 fully saturated rings. The van der Waals surface area contributed by atoms with Crippen LogP contribution in [0.15, 0.2) is 21.1 Å². The molecule has 108 valence electrons. The zero-order chi connectivity index (χ0) is 14.4. The molecule has 0 spiro atoms. The fourth-order valence-electron chi connectivity index (χ4n) is 1.60. The molecule has 0 amide bonds. The summed E-state index contributed by atoms with van der Waals surface area (Å²) in [6.07, 6.45) is 0. The summed E-state index contributed by atoms with van der Waals surface area (Å²) < 4.78 is 7.55. The van der Waals surface area contributed by atoms with Crippen molar-refractivity contribution in [3.05, 3.63) is 26.6 Å². The van der Waals surface area contributed by atoms with Gasteiger partial charge in [-0.15, -0.1) is 0 Å². The third-order valence-electron chi connectivity index (χ3n) is 3.00. The molecule has 0 aromatic heterocycles. The highest BCUT2D eigenvalue weighted by Crippen LogP contribution is 2.34. The zero-order valence-corrected chi connectivity index (χ0v) is 15.1. The highest BCUT2D eigenvalue weighted by atomic mass is 79.9. The zero-order valence-electron chi connectivity index (χ0n) is 12.0. The second kappa shape index (κ2) is 8.25. The highest BCUT2D eigenvalue weighted by Gasteiger charge is 2.09. The molecule has 0 aliphatic heterocycles. The van der Waals surface area contributed by atoms with E-state index in [0.29, 0.717) is 12.6 Å². The van der Waals surface area contributed by atoms with Gasteiger partial charge in [0.05, 0.1) is 15.6 Å². The van der Waals surface area contributed by atoms with Gasteiger partial charge in [0.25, 0.3) is 0 Å². The Kier molecular flexibility index (Phi) is 7.36. The molecule has 0 aliphatic carbocycles. The van der Waals surface area contributed by atoms with Gasteiger partial charge in [-0.2, -0.15) is 0 Å². The quantitative estimate of drug-likeness (QED) is 0.765. The van der Waals surface area contributed by atoms with E-state index in [-0.39, 0.29) is 0 Å². The molecule has 3 nitrogen and oxygen atoms in total. The second-order valence-corrected chi connectivity index (χ2v) is 6.47. The first kappa shape index (κ1) is 17.0. The molecular weight excluding hydrogens is 372 g/mol. The van der Waals surface area contributed by atoms with Crippen LogP contribution in [-0.4, -0.2) is 38.2 Å². The molecule has 1 rings (SSSR count). The van der Waals surface area contributed by atoms with Crippen LogP contribution in [0.4, 0.5) is 0 Å². The second-order valence-electron chi connectivity index (χ2n) is 4.77. The lowest BCUT2D eigenvalue weighted by Crippen LogP contribution is -2.35. The summed E-state index contributed by atoms with van der Waals surface area (Å²) in [5.74, 6) is 0.868. The van der Waals surface area contributed by atoms with Crippen molar-refractivity contribution in [2.75, 3.05) is 27.2 Å². The van der Waals surface area contributed by atoms with Crippen LogP contribution >= 0.6 is 31.9 Å². The molecule has 0 saturated heterocycles. The van der Waals surface area contributed by atoms with Crippen molar-refractivity contribution in [2.24, 2.45) is 0 Å². The molecule has 0 bridgehead atoms. The van der Waals surface area contributed by atoms with Gasteiger partial charge in [0.1, 0.15) is 5.75 Å². The Morgan fingerprint density at radius 1 is 1.26 bits per heavy atom. The minimum atomic E-state index is 0.523. The molecule has 19 heavy (non-hydrogen) atoms. The van der Waals surface area contributed by atoms with E-state index in [1.165, 1.54) is 5.56 Å². The van der Waals surface area contributed by atoms with Crippen molar-refractivity contribution in [1.29, 1.82) is 0 Å². The Balaban J connectivity index is 2.60. The Morgan fingerprint density at radius 2 is 1.84 bits per heavy atom. The van der Waals surface area contributed by atoms with Crippen LogP contribution in [0.25, 0.3) is 0 Å². The molecule has 5 heteroatoms. The van der Waals surface area contributed by atoms with Crippen molar-refractivity contribution in [3.63, 3.8) is 0 Å². The minimum Gasteiger partial charge on any atom is -0.492 e. The first-order chi connectivity index (χ1) is 8.95. The maximum absolute atomic E-state index is 5.58. The molecule has 1 unspecified atom stereocenters. The van der Waals surface area contributed by atoms with E-state index in [1.807, 2.05) is 6.92 Å². The first-order valence-corrected chi connectivity index (χ1v) is 8.02. The predicted octanol–water partition coefficient (Wildman–Crippen LogP) is 3.65. The Morgan fingerprint density at radius 3 is 2.32 bits per heavy atom. The van der Waals surface area contributed by atoms with Crippen LogP contribution in [0.5, 0.6) is 5.75 Å². The summed E-state index contributed by atoms with van der Waals surface area (Å²) in [5.41, 5.74) is 1.23. The number of hydrogen-bond acceptors (Lipinski definition) is 3. The third-order valence-corrected chi connectivity index (χ3v) is 4.18. The minimum absolute atomic E-state index is 0.523. The van der Waals surface area contributed by atoms with E-state index in [2.05, 4.69) is 75.2 Å². The van der Waals surface area contributed by atoms with Gasteiger partial charge in [-0.25, -0.2) is 0 Å². The summed E-state index contributed by atoms with van der Waals surface area (Å²) in [7, 11) is 4.19. The van der Waals surface area contributed by atoms with E-state index in [1.54, 1.807) is 0 Å². The van der Waals surface area contributed by atoms with Gasteiger partial charge in [0.15, 0.2) is 0 Å². The van der Waals surface area contributed by atoms with Gasteiger partial charge in [-0.3, -0.25) is 0 Å². The maximum atomic E-state index is 5.58. The molecule has 0 saturated carbocycles. The van der Waals surface area contributed by atoms with Crippen LogP contribution < -0.4 is 10.1 Å². The van der Waals surface area contributed by atoms with Gasteiger partial charge in [0.2, 0.25) is 0 Å². The van der Waals surface area contributed by atoms with E-state index in [4.69, 9.17) is 4.74 Å². The van der Waals surface area contributed by atoms with Crippen LogP contribution in [0.1, 0.15) is 19.4 Å². The summed E-state index contributed by atoms with van der Waals surface area (Å²) in [5, 5.41) is 3.46. The summed E-state index contributed by atoms with van der Waals surface area (Å²) in [6, 6.07) is 4.72. The standard InChI is InChI=1S/C14H22Br2N2O/c1-5-19-14-12(15)6-11(7-13(14)16)9-17-8-10(2)18(3)4/h6-7,10,17H,5,8-9H2,1-4H3. The largest absolute Gasteiger partial charge is 0.492 e. The van der Waals surface area contributed by atoms with E-state index in [9.17, 15) is 0 Å². The maximum Gasteiger partial charge on any atom is 0.147 e. The lowest BCUT2D eigenvalue weighted by Gasteiger charge is -2.20. The van der Waals surface area contributed by atoms with Crippen LogP contribution in [-0.2, 0) is 6.54 Å². The van der Waals surface area contributed by atoms with Crippen LogP contribution in [0, 0.1) is 0 Å². The molecule has 0 aliphatic rings. The van der Waals surface area contributed by atoms with Crippen molar-refractivity contribution in [2.45, 2.75) is 26.4 Å². The fraction of sp³-hybridized carbons (Fsp3) is 0.571. The monoisotopic (exact) mass is 392 g/mol. The van der Waals surface area contributed by atoms with Gasteiger partial charge in [0, 0.05) is 19.1 Å². The number of nitrogens with zero attached hydrogens (tertiary/aromatic N) is 1. The van der Waals surface area contributed by atoms with E-state index >= 15 is 0 Å². The normalized spacial score (nSPS) is 12.8. The molecule has 1 aromatic rings. The molecule has 1 atom stereocenters. The van der Waals surface area contributed by atoms with Gasteiger partial charge in [-0.1, -0.05) is 0 Å². The SMILES string of the molecule is CCOc1c(Br)cc(CNCC(C)N(C)C)cc1Br. The smallest absolute Gasteiger partial charge is 0.147 e. The van der Waals surface area contributed by atoms with Crippen LogP contribution in [0.2, 0.25) is 0 Å². The van der Waals surface area contributed by atoms with E-state index in [0.717, 1.165) is 27.8 Å². The molecule has 0 heterocycles. The first-order valence-electron chi connectivity index (χ1n) is 6.43. The van der Waals surface area contributed by atoms with Gasteiger partial charge < -0.3 is 15.0 Å². The number of nitrogens with one attached hydrogen (secondary N) is 1. The van der Waals surface area contributed by atoms with E-state index < -0.39 is 0 Å². The Hall–Kier alpha value is -0.100. The predicted molar refractivity (Wildman–Crippen MR) is 87.9 cm³/mol. The lowest BCUT2D eigenvalue weighted by molar-refractivity contribution is 0.302. The number of rotatable bonds is 7. The van der Waals surface area contributed by atoms with Crippen molar-refractivity contribution >= 4 is 31.9 Å². The fourth-order valence-corrected chi connectivity index (χ4v) is 3.11. The van der Waals surface area contributed by atoms with Gasteiger partial charge >= 0.3 is 0 Å². The average molecular weight is 394 g/mol. The number of benzene rings is 1. The van der Waals surface area contributed by atoms with Gasteiger partial charge in [-0.05, 0) is 77.5 Å². The third kappa shape index (κ3) is 5.42.